The molecule has 0 aromatic heterocycles. The Hall–Kier alpha value is -1.71. The molecule has 4 nitrogen and oxygen atoms in total. The van der Waals surface area contributed by atoms with Crippen LogP contribution in [0, 0.1) is 5.41 Å². The van der Waals surface area contributed by atoms with Gasteiger partial charge in [0.25, 0.3) is 0 Å². The third-order valence-corrected chi connectivity index (χ3v) is 3.22. The Labute approximate surface area is 123 Å². The van der Waals surface area contributed by atoms with Crippen molar-refractivity contribution in [3.63, 3.8) is 0 Å². The number of hydrogen-bond donors (Lipinski definition) is 0. The first-order valence-electron chi connectivity index (χ1n) is 5.65. The lowest BCUT2D eigenvalue weighted by Crippen LogP contribution is -2.60. The highest BCUT2D eigenvalue weighted by molar-refractivity contribution is 5.76. The van der Waals surface area contributed by atoms with Crippen molar-refractivity contribution in [2.75, 3.05) is 7.11 Å². The van der Waals surface area contributed by atoms with Crippen LogP contribution in [0.1, 0.15) is 19.8 Å². The minimum atomic E-state index is -6.30. The van der Waals surface area contributed by atoms with E-state index in [9.17, 15) is 39.9 Å². The third kappa shape index (κ3) is 3.31. The van der Waals surface area contributed by atoms with Crippen LogP contribution in [0.4, 0.5) is 35.1 Å². The maximum Gasteiger partial charge on any atom is 0.378 e. The summed E-state index contributed by atoms with van der Waals surface area (Å²) in [6, 6.07) is 0. The van der Waals surface area contributed by atoms with Gasteiger partial charge in [-0.15, -0.1) is 0 Å². The molecule has 134 valence electrons. The molecule has 0 N–H and O–H groups in total. The molecule has 0 radical (unpaired) electrons. The Kier molecular flexibility index (Phi) is 5.61. The second kappa shape index (κ2) is 6.06. The lowest BCUT2D eigenvalue weighted by Gasteiger charge is -2.33. The van der Waals surface area contributed by atoms with Gasteiger partial charge >= 0.3 is 35.8 Å². The van der Waals surface area contributed by atoms with Crippen LogP contribution in [-0.2, 0) is 19.1 Å². The van der Waals surface area contributed by atoms with Gasteiger partial charge in [-0.1, -0.05) is 0 Å². The summed E-state index contributed by atoms with van der Waals surface area (Å²) in [6.45, 7) is 0.456. The fourth-order valence-corrected chi connectivity index (χ4v) is 2.11. The minimum absolute atomic E-state index is 0.250. The number of rotatable bonds is 1. The predicted octanol–water partition coefficient (Wildman–Crippen LogP) is 2.92. The molecule has 1 fully saturated rings. The molecule has 0 saturated heterocycles. The molecule has 23 heavy (non-hydrogen) atoms. The predicted molar refractivity (Wildman–Crippen MR) is 54.2 cm³/mol. The van der Waals surface area contributed by atoms with Crippen LogP contribution in [0.25, 0.3) is 0 Å². The molecule has 12 heteroatoms. The first kappa shape index (κ1) is 21.3. The van der Waals surface area contributed by atoms with E-state index in [1.807, 2.05) is 0 Å². The Morgan fingerprint density at radius 3 is 1.35 bits per heavy atom. The number of alkyl halides is 8. The van der Waals surface area contributed by atoms with Crippen molar-refractivity contribution in [3.05, 3.63) is 0 Å². The molecular formula is C11H10F8O4. The van der Waals surface area contributed by atoms with Gasteiger partial charge in [-0.2, -0.15) is 44.7 Å². The van der Waals surface area contributed by atoms with E-state index in [-0.39, 0.29) is 6.15 Å². The zero-order valence-electron chi connectivity index (χ0n) is 11.6. The number of halogens is 8. The van der Waals surface area contributed by atoms with Crippen LogP contribution in [-0.4, -0.2) is 42.9 Å². The van der Waals surface area contributed by atoms with Gasteiger partial charge in [0.15, 0.2) is 0 Å². The zero-order chi connectivity index (χ0) is 18.9. The maximum absolute atomic E-state index is 13.3. The van der Waals surface area contributed by atoms with E-state index in [1.165, 1.54) is 0 Å². The Bertz CT molecular complexity index is 468. The lowest BCUT2D eigenvalue weighted by atomic mass is 9.80. The van der Waals surface area contributed by atoms with Crippen molar-refractivity contribution < 1.29 is 54.2 Å². The van der Waals surface area contributed by atoms with Crippen LogP contribution >= 0.6 is 0 Å². The number of esters is 1. The molecule has 0 amide bonds. The first-order valence-corrected chi connectivity index (χ1v) is 5.65. The van der Waals surface area contributed by atoms with Crippen LogP contribution in [0.5, 0.6) is 0 Å². The SMILES string of the molecule is COC(=O)C1(C)CC(F)(F)C(F)(F)C(F)(F)C(F)(F)C1.O=C=O. The van der Waals surface area contributed by atoms with Crippen LogP contribution < -0.4 is 0 Å². The van der Waals surface area contributed by atoms with Gasteiger partial charge in [-0.3, -0.25) is 4.79 Å². The van der Waals surface area contributed by atoms with Gasteiger partial charge in [0.05, 0.1) is 12.5 Å². The van der Waals surface area contributed by atoms with Crippen molar-refractivity contribution >= 4 is 12.1 Å². The molecule has 1 aliphatic carbocycles. The van der Waals surface area contributed by atoms with Gasteiger partial charge in [0.1, 0.15) is 0 Å². The van der Waals surface area contributed by atoms with Gasteiger partial charge in [0.2, 0.25) is 0 Å². The number of carbonyl (C=O) groups is 1. The zero-order valence-corrected chi connectivity index (χ0v) is 11.6. The van der Waals surface area contributed by atoms with Crippen molar-refractivity contribution in [3.8, 4) is 0 Å². The topological polar surface area (TPSA) is 60.4 Å². The molecule has 1 saturated carbocycles. The average molecular weight is 358 g/mol. The number of methoxy groups -OCH3 is 1. The average Bonchev–Trinajstić information content (AvgIpc) is 2.38. The summed E-state index contributed by atoms with van der Waals surface area (Å²) in [4.78, 5) is 27.5. The minimum Gasteiger partial charge on any atom is -0.469 e. The van der Waals surface area contributed by atoms with E-state index in [0.717, 1.165) is 0 Å². The van der Waals surface area contributed by atoms with E-state index < -0.39 is 47.9 Å². The van der Waals surface area contributed by atoms with Crippen molar-refractivity contribution in [1.29, 1.82) is 0 Å². The molecule has 0 bridgehead atoms. The fourth-order valence-electron chi connectivity index (χ4n) is 2.11. The molecule has 0 spiro atoms. The van der Waals surface area contributed by atoms with E-state index in [4.69, 9.17) is 9.59 Å². The van der Waals surface area contributed by atoms with Gasteiger partial charge < -0.3 is 4.74 Å². The largest absolute Gasteiger partial charge is 0.469 e. The Balaban J connectivity index is 0.00000149. The standard InChI is InChI=1S/C10H10F8O2.CO2/c1-6(5(19)20-2)3-7(11,12)9(15,16)10(17,18)8(13,14)4-6;2-1-3/h3-4H2,1-2H3;. The summed E-state index contributed by atoms with van der Waals surface area (Å²) in [5.74, 6) is -25.3. The number of carbonyl (C=O) groups excluding carboxylic acids is 3. The molecular weight excluding hydrogens is 348 g/mol. The lowest BCUT2D eigenvalue weighted by molar-refractivity contribution is -0.357. The highest BCUT2D eigenvalue weighted by Crippen LogP contribution is 2.61. The molecule has 0 aromatic rings. The molecule has 0 heterocycles. The van der Waals surface area contributed by atoms with E-state index >= 15 is 0 Å². The third-order valence-electron chi connectivity index (χ3n) is 3.22. The summed E-state index contributed by atoms with van der Waals surface area (Å²) in [6.07, 6.45) is -4.10. The van der Waals surface area contributed by atoms with E-state index in [0.29, 0.717) is 14.0 Å². The van der Waals surface area contributed by atoms with Gasteiger partial charge in [-0.05, 0) is 6.92 Å². The molecule has 0 atom stereocenters. The molecule has 0 aliphatic heterocycles. The van der Waals surface area contributed by atoms with Gasteiger partial charge in [-0.25, -0.2) is 0 Å². The van der Waals surface area contributed by atoms with Gasteiger partial charge in [0, 0.05) is 12.8 Å². The van der Waals surface area contributed by atoms with E-state index in [2.05, 4.69) is 4.74 Å². The molecule has 1 aliphatic rings. The summed E-state index contributed by atoms with van der Waals surface area (Å²) >= 11 is 0. The summed E-state index contributed by atoms with van der Waals surface area (Å²) < 4.78 is 110. The van der Waals surface area contributed by atoms with E-state index in [1.54, 1.807) is 0 Å². The normalized spacial score (nSPS) is 25.8. The van der Waals surface area contributed by atoms with Crippen LogP contribution in [0.15, 0.2) is 0 Å². The molecule has 1 rings (SSSR count). The molecule has 0 unspecified atom stereocenters. The highest BCUT2D eigenvalue weighted by Gasteiger charge is 2.84. The molecule has 0 aromatic carbocycles. The Morgan fingerprint density at radius 2 is 1.13 bits per heavy atom. The number of hydrogen-bond acceptors (Lipinski definition) is 4. The van der Waals surface area contributed by atoms with Crippen molar-refractivity contribution in [1.82, 2.24) is 0 Å². The Morgan fingerprint density at radius 1 is 0.870 bits per heavy atom. The first-order chi connectivity index (χ1) is 10.1. The maximum atomic E-state index is 13.3. The second-order valence-corrected chi connectivity index (χ2v) is 5.05. The fraction of sp³-hybridized carbons (Fsp3) is 0.818. The number of ether oxygens (including phenoxy) is 1. The monoisotopic (exact) mass is 358 g/mol. The summed E-state index contributed by atoms with van der Waals surface area (Å²) in [5, 5.41) is 0. The van der Waals surface area contributed by atoms with Crippen molar-refractivity contribution in [2.24, 2.45) is 5.41 Å². The van der Waals surface area contributed by atoms with Crippen molar-refractivity contribution in [2.45, 2.75) is 43.5 Å². The second-order valence-electron chi connectivity index (χ2n) is 5.05. The summed E-state index contributed by atoms with van der Waals surface area (Å²) in [5.41, 5.74) is -2.87. The highest BCUT2D eigenvalue weighted by atomic mass is 19.4. The van der Waals surface area contributed by atoms with Crippen LogP contribution in [0.2, 0.25) is 0 Å². The van der Waals surface area contributed by atoms with Crippen LogP contribution in [0.3, 0.4) is 0 Å². The summed E-state index contributed by atoms with van der Waals surface area (Å²) in [7, 11) is 0.644. The quantitative estimate of drug-likeness (QED) is 0.411. The smallest absolute Gasteiger partial charge is 0.378 e.